The van der Waals surface area contributed by atoms with Crippen LogP contribution in [0, 0.1) is 0 Å². The van der Waals surface area contributed by atoms with E-state index in [2.05, 4.69) is 0 Å². The fourth-order valence-electron chi connectivity index (χ4n) is 2.46. The second-order valence-corrected chi connectivity index (χ2v) is 8.24. The lowest BCUT2D eigenvalue weighted by atomic mass is 10.2. The average molecular weight is 357 g/mol. The third kappa shape index (κ3) is 5.18. The third-order valence-electron chi connectivity index (χ3n) is 3.60. The van der Waals surface area contributed by atoms with Crippen molar-refractivity contribution in [1.82, 2.24) is 4.90 Å². The molecule has 126 valence electrons. The minimum Gasteiger partial charge on any atom is -0.452 e. The Morgan fingerprint density at radius 1 is 1.48 bits per heavy atom. The van der Waals surface area contributed by atoms with Crippen molar-refractivity contribution in [1.29, 1.82) is 0 Å². The SMILES string of the molecule is CCN(C(=O)COC(=O)/C=C/c1ccsc1)[C@@H]1CCS(=O)(=O)C1. The molecular formula is C15H19NO5S2. The minimum absolute atomic E-state index is 0.0153. The van der Waals surface area contributed by atoms with Gasteiger partial charge in [-0.1, -0.05) is 0 Å². The second kappa shape index (κ2) is 7.74. The summed E-state index contributed by atoms with van der Waals surface area (Å²) in [6.07, 6.45) is 3.32. The zero-order chi connectivity index (χ0) is 16.9. The first-order chi connectivity index (χ1) is 10.9. The van der Waals surface area contributed by atoms with E-state index in [1.54, 1.807) is 13.0 Å². The number of esters is 1. The van der Waals surface area contributed by atoms with Crippen LogP contribution in [0.3, 0.4) is 0 Å². The lowest BCUT2D eigenvalue weighted by Gasteiger charge is -2.26. The van der Waals surface area contributed by atoms with Crippen LogP contribution >= 0.6 is 11.3 Å². The highest BCUT2D eigenvalue weighted by atomic mass is 32.2. The molecule has 1 amide bonds. The van der Waals surface area contributed by atoms with Crippen LogP contribution in [0.4, 0.5) is 0 Å². The van der Waals surface area contributed by atoms with Gasteiger partial charge < -0.3 is 9.64 Å². The molecule has 2 rings (SSSR count). The number of ether oxygens (including phenoxy) is 1. The van der Waals surface area contributed by atoms with Gasteiger partial charge in [0.15, 0.2) is 16.4 Å². The van der Waals surface area contributed by atoms with Crippen molar-refractivity contribution < 1.29 is 22.7 Å². The molecule has 8 heteroatoms. The number of hydrogen-bond donors (Lipinski definition) is 0. The zero-order valence-electron chi connectivity index (χ0n) is 12.8. The topological polar surface area (TPSA) is 80.8 Å². The van der Waals surface area contributed by atoms with Crippen molar-refractivity contribution in [3.63, 3.8) is 0 Å². The quantitative estimate of drug-likeness (QED) is 0.567. The molecule has 0 spiro atoms. The fourth-order valence-corrected chi connectivity index (χ4v) is 4.82. The van der Waals surface area contributed by atoms with Gasteiger partial charge in [-0.3, -0.25) is 4.79 Å². The van der Waals surface area contributed by atoms with Crippen molar-refractivity contribution >= 4 is 39.1 Å². The van der Waals surface area contributed by atoms with Gasteiger partial charge in [0, 0.05) is 18.7 Å². The van der Waals surface area contributed by atoms with Crippen molar-refractivity contribution in [3.8, 4) is 0 Å². The number of rotatable bonds is 6. The first-order valence-electron chi connectivity index (χ1n) is 7.28. The summed E-state index contributed by atoms with van der Waals surface area (Å²) in [4.78, 5) is 25.2. The van der Waals surface area contributed by atoms with E-state index in [4.69, 9.17) is 4.74 Å². The van der Waals surface area contributed by atoms with Gasteiger partial charge in [-0.25, -0.2) is 13.2 Å². The summed E-state index contributed by atoms with van der Waals surface area (Å²) < 4.78 is 28.0. The average Bonchev–Trinajstić information content (AvgIpc) is 3.13. The minimum atomic E-state index is -3.06. The number of carbonyl (C=O) groups is 2. The van der Waals surface area contributed by atoms with Gasteiger partial charge in [0.25, 0.3) is 5.91 Å². The van der Waals surface area contributed by atoms with Crippen LogP contribution in [-0.4, -0.2) is 55.9 Å². The van der Waals surface area contributed by atoms with E-state index in [0.717, 1.165) is 5.56 Å². The van der Waals surface area contributed by atoms with Gasteiger partial charge in [-0.15, -0.1) is 0 Å². The number of thiophene rings is 1. The number of likely N-dealkylation sites (N-methyl/N-ethyl adjacent to an activating group) is 1. The molecule has 23 heavy (non-hydrogen) atoms. The molecule has 0 N–H and O–H groups in total. The molecule has 0 unspecified atom stereocenters. The molecule has 2 heterocycles. The molecular weight excluding hydrogens is 338 g/mol. The highest BCUT2D eigenvalue weighted by molar-refractivity contribution is 7.91. The Bertz CT molecular complexity index is 679. The molecule has 1 aromatic rings. The molecule has 1 aliphatic rings. The monoisotopic (exact) mass is 357 g/mol. The Balaban J connectivity index is 1.84. The molecule has 0 aromatic carbocycles. The predicted octanol–water partition coefficient (Wildman–Crippen LogP) is 1.34. The number of sulfone groups is 1. The number of carbonyl (C=O) groups excluding carboxylic acids is 2. The molecule has 1 saturated heterocycles. The van der Waals surface area contributed by atoms with E-state index >= 15 is 0 Å². The largest absolute Gasteiger partial charge is 0.452 e. The Labute approximate surface area is 139 Å². The van der Waals surface area contributed by atoms with E-state index < -0.39 is 15.8 Å². The molecule has 6 nitrogen and oxygen atoms in total. The molecule has 1 atom stereocenters. The van der Waals surface area contributed by atoms with Crippen LogP contribution in [0.5, 0.6) is 0 Å². The molecule has 0 radical (unpaired) electrons. The fraction of sp³-hybridized carbons (Fsp3) is 0.467. The lowest BCUT2D eigenvalue weighted by Crippen LogP contribution is -2.43. The summed E-state index contributed by atoms with van der Waals surface area (Å²) in [5, 5.41) is 3.78. The summed E-state index contributed by atoms with van der Waals surface area (Å²) in [7, 11) is -3.06. The van der Waals surface area contributed by atoms with Crippen LogP contribution in [0.15, 0.2) is 22.9 Å². The van der Waals surface area contributed by atoms with E-state index in [1.807, 2.05) is 16.8 Å². The van der Waals surface area contributed by atoms with Crippen molar-refractivity contribution in [3.05, 3.63) is 28.5 Å². The van der Waals surface area contributed by atoms with Crippen LogP contribution in [0.1, 0.15) is 18.9 Å². The normalized spacial score (nSPS) is 19.8. The van der Waals surface area contributed by atoms with Gasteiger partial charge in [-0.05, 0) is 41.8 Å². The third-order valence-corrected chi connectivity index (χ3v) is 6.05. The summed E-state index contributed by atoms with van der Waals surface area (Å²) in [6.45, 7) is 1.79. The van der Waals surface area contributed by atoms with Gasteiger partial charge in [-0.2, -0.15) is 11.3 Å². The molecule has 1 fully saturated rings. The smallest absolute Gasteiger partial charge is 0.331 e. The Morgan fingerprint density at radius 3 is 2.83 bits per heavy atom. The van der Waals surface area contributed by atoms with Gasteiger partial charge in [0.1, 0.15) is 0 Å². The summed E-state index contributed by atoms with van der Waals surface area (Å²) >= 11 is 1.52. The highest BCUT2D eigenvalue weighted by Crippen LogP contribution is 2.17. The van der Waals surface area contributed by atoms with Gasteiger partial charge >= 0.3 is 5.97 Å². The van der Waals surface area contributed by atoms with Crippen molar-refractivity contribution in [2.45, 2.75) is 19.4 Å². The maximum absolute atomic E-state index is 12.1. The Hall–Kier alpha value is -1.67. The molecule has 0 aliphatic carbocycles. The van der Waals surface area contributed by atoms with E-state index in [9.17, 15) is 18.0 Å². The molecule has 1 aliphatic heterocycles. The Kier molecular flexibility index (Phi) is 5.95. The molecule has 0 bridgehead atoms. The number of amides is 1. The van der Waals surface area contributed by atoms with Crippen LogP contribution in [0.25, 0.3) is 6.08 Å². The first-order valence-corrected chi connectivity index (χ1v) is 10.0. The van der Waals surface area contributed by atoms with Crippen LogP contribution in [-0.2, 0) is 24.2 Å². The summed E-state index contributed by atoms with van der Waals surface area (Å²) in [6, 6.07) is 1.54. The second-order valence-electron chi connectivity index (χ2n) is 5.23. The maximum atomic E-state index is 12.1. The van der Waals surface area contributed by atoms with Crippen LogP contribution in [0.2, 0.25) is 0 Å². The highest BCUT2D eigenvalue weighted by Gasteiger charge is 2.34. The van der Waals surface area contributed by atoms with Crippen molar-refractivity contribution in [2.24, 2.45) is 0 Å². The van der Waals surface area contributed by atoms with Crippen molar-refractivity contribution in [2.75, 3.05) is 24.7 Å². The van der Waals surface area contributed by atoms with Gasteiger partial charge in [0.05, 0.1) is 11.5 Å². The zero-order valence-corrected chi connectivity index (χ0v) is 14.4. The summed E-state index contributed by atoms with van der Waals surface area (Å²) in [5.74, 6) is -0.880. The summed E-state index contributed by atoms with van der Waals surface area (Å²) in [5.41, 5.74) is 0.893. The lowest BCUT2D eigenvalue weighted by molar-refractivity contribution is -0.149. The first kappa shape index (κ1) is 17.7. The standard InChI is InChI=1S/C15H19NO5S2/c1-2-16(13-6-8-23(19,20)11-13)14(17)9-21-15(18)4-3-12-5-7-22-10-12/h3-5,7,10,13H,2,6,8-9,11H2,1H3/b4-3+/t13-/m1/s1. The molecule has 1 aromatic heterocycles. The number of nitrogens with zero attached hydrogens (tertiary/aromatic N) is 1. The molecule has 0 saturated carbocycles. The van der Waals surface area contributed by atoms with E-state index in [1.165, 1.54) is 22.3 Å². The number of hydrogen-bond acceptors (Lipinski definition) is 6. The predicted molar refractivity (Wildman–Crippen MR) is 88.8 cm³/mol. The van der Waals surface area contributed by atoms with E-state index in [0.29, 0.717) is 13.0 Å². The Morgan fingerprint density at radius 2 is 2.26 bits per heavy atom. The maximum Gasteiger partial charge on any atom is 0.331 e. The van der Waals surface area contributed by atoms with E-state index in [-0.39, 0.29) is 30.1 Å². The van der Waals surface area contributed by atoms with Gasteiger partial charge in [0.2, 0.25) is 0 Å². The van der Waals surface area contributed by atoms with Crippen LogP contribution < -0.4 is 0 Å².